The van der Waals surface area contributed by atoms with E-state index in [1.165, 1.54) is 58.0 Å². The highest BCUT2D eigenvalue weighted by Gasteiger charge is 2.42. The molecule has 3 nitrogen and oxygen atoms in total. The number of fused-ring (bicyclic) bond motifs is 1. The minimum Gasteiger partial charge on any atom is -0.375 e. The summed E-state index contributed by atoms with van der Waals surface area (Å²) < 4.78 is 5.99. The highest BCUT2D eigenvalue weighted by Crippen LogP contribution is 2.41. The molecule has 122 valence electrons. The molecule has 1 saturated heterocycles. The number of ether oxygens (including phenoxy) is 1. The van der Waals surface area contributed by atoms with Crippen LogP contribution in [0.25, 0.3) is 0 Å². The third-order valence-electron chi connectivity index (χ3n) is 5.79. The first-order chi connectivity index (χ1) is 9.98. The van der Waals surface area contributed by atoms with E-state index >= 15 is 0 Å². The van der Waals surface area contributed by atoms with Crippen molar-refractivity contribution in [3.63, 3.8) is 0 Å². The smallest absolute Gasteiger partial charge is 0.0730 e. The second-order valence-corrected chi connectivity index (χ2v) is 8.69. The molecule has 1 aliphatic heterocycles. The Labute approximate surface area is 130 Å². The maximum atomic E-state index is 5.99. The van der Waals surface area contributed by atoms with E-state index in [9.17, 15) is 0 Å². The van der Waals surface area contributed by atoms with Crippen LogP contribution in [0.2, 0.25) is 0 Å². The summed E-state index contributed by atoms with van der Waals surface area (Å²) in [5, 5.41) is 3.80. The summed E-state index contributed by atoms with van der Waals surface area (Å²) in [5.74, 6) is 0. The summed E-state index contributed by atoms with van der Waals surface area (Å²) in [4.78, 5) is 2.79. The molecule has 2 atom stereocenters. The largest absolute Gasteiger partial charge is 0.375 e. The van der Waals surface area contributed by atoms with Gasteiger partial charge in [-0.05, 0) is 58.3 Å². The van der Waals surface area contributed by atoms with Crippen LogP contribution >= 0.6 is 0 Å². The van der Waals surface area contributed by atoms with Gasteiger partial charge in [0.15, 0.2) is 0 Å². The summed E-state index contributed by atoms with van der Waals surface area (Å²) in [7, 11) is 0. The van der Waals surface area contributed by atoms with E-state index in [-0.39, 0.29) is 5.54 Å². The Kier molecular flexibility index (Phi) is 4.63. The van der Waals surface area contributed by atoms with Gasteiger partial charge >= 0.3 is 0 Å². The van der Waals surface area contributed by atoms with Gasteiger partial charge in [-0.3, -0.25) is 4.90 Å². The molecule has 3 fully saturated rings. The zero-order valence-corrected chi connectivity index (χ0v) is 14.3. The van der Waals surface area contributed by atoms with E-state index in [1.807, 2.05) is 0 Å². The highest BCUT2D eigenvalue weighted by molar-refractivity contribution is 4.96. The molecule has 1 heterocycles. The van der Waals surface area contributed by atoms with E-state index < -0.39 is 0 Å². The molecule has 0 aromatic heterocycles. The van der Waals surface area contributed by atoms with Crippen molar-refractivity contribution in [3.8, 4) is 0 Å². The molecule has 2 aliphatic carbocycles. The first-order valence-corrected chi connectivity index (χ1v) is 9.08. The molecule has 2 unspecified atom stereocenters. The monoisotopic (exact) mass is 294 g/mol. The average Bonchev–Trinajstić information content (AvgIpc) is 3.05. The summed E-state index contributed by atoms with van der Waals surface area (Å²) in [6.45, 7) is 11.4. The van der Waals surface area contributed by atoms with Gasteiger partial charge in [-0.1, -0.05) is 12.8 Å². The zero-order chi connectivity index (χ0) is 14.9. The minimum atomic E-state index is 0.233. The lowest BCUT2D eigenvalue weighted by Crippen LogP contribution is -2.54. The SMILES string of the molecule is CC(C)(C)NCC1(CN2CCOC3CCCC32)CCCC1. The fourth-order valence-electron chi connectivity index (χ4n) is 4.60. The van der Waals surface area contributed by atoms with Crippen LogP contribution in [-0.2, 0) is 4.74 Å². The second-order valence-electron chi connectivity index (χ2n) is 8.69. The molecule has 21 heavy (non-hydrogen) atoms. The van der Waals surface area contributed by atoms with E-state index in [0.717, 1.165) is 13.2 Å². The van der Waals surface area contributed by atoms with Crippen LogP contribution in [0, 0.1) is 5.41 Å². The summed E-state index contributed by atoms with van der Waals surface area (Å²) in [6, 6.07) is 0.714. The maximum absolute atomic E-state index is 5.99. The van der Waals surface area contributed by atoms with Crippen molar-refractivity contribution in [2.45, 2.75) is 83.4 Å². The molecule has 0 aromatic carbocycles. The highest BCUT2D eigenvalue weighted by atomic mass is 16.5. The predicted molar refractivity (Wildman–Crippen MR) is 87.6 cm³/mol. The number of rotatable bonds is 4. The van der Waals surface area contributed by atoms with Gasteiger partial charge in [-0.15, -0.1) is 0 Å². The van der Waals surface area contributed by atoms with Gasteiger partial charge in [0.2, 0.25) is 0 Å². The molecule has 0 aromatic rings. The number of morpholine rings is 1. The Bertz CT molecular complexity index is 344. The molecule has 2 saturated carbocycles. The summed E-state index contributed by atoms with van der Waals surface area (Å²) >= 11 is 0. The molecule has 3 heteroatoms. The predicted octanol–water partition coefficient (Wildman–Crippen LogP) is 3.19. The van der Waals surface area contributed by atoms with E-state index in [0.29, 0.717) is 17.6 Å². The van der Waals surface area contributed by atoms with Gasteiger partial charge in [0.05, 0.1) is 12.7 Å². The van der Waals surface area contributed by atoms with Crippen LogP contribution in [0.4, 0.5) is 0 Å². The van der Waals surface area contributed by atoms with Gasteiger partial charge in [0.1, 0.15) is 0 Å². The van der Waals surface area contributed by atoms with Crippen molar-refractivity contribution in [2.24, 2.45) is 5.41 Å². The fraction of sp³-hybridized carbons (Fsp3) is 1.00. The third kappa shape index (κ3) is 3.80. The Hall–Kier alpha value is -0.120. The maximum Gasteiger partial charge on any atom is 0.0730 e. The topological polar surface area (TPSA) is 24.5 Å². The molecular formula is C18H34N2O. The minimum absolute atomic E-state index is 0.233. The van der Waals surface area contributed by atoms with Crippen molar-refractivity contribution in [1.82, 2.24) is 10.2 Å². The van der Waals surface area contributed by atoms with Crippen LogP contribution < -0.4 is 5.32 Å². The first-order valence-electron chi connectivity index (χ1n) is 9.08. The summed E-state index contributed by atoms with van der Waals surface area (Å²) in [6.07, 6.45) is 10.2. The standard InChI is InChI=1S/C18H34N2O/c1-17(2,3)19-13-18(9-4-5-10-18)14-20-11-12-21-16-8-6-7-15(16)20/h15-16,19H,4-14H2,1-3H3. The molecule has 3 aliphatic rings. The Morgan fingerprint density at radius 1 is 1.14 bits per heavy atom. The lowest BCUT2D eigenvalue weighted by atomic mass is 9.83. The Morgan fingerprint density at radius 3 is 2.62 bits per heavy atom. The molecule has 1 N–H and O–H groups in total. The normalized spacial score (nSPS) is 33.3. The van der Waals surface area contributed by atoms with Crippen LogP contribution in [0.15, 0.2) is 0 Å². The molecule has 0 bridgehead atoms. The van der Waals surface area contributed by atoms with Crippen LogP contribution in [0.5, 0.6) is 0 Å². The van der Waals surface area contributed by atoms with Gasteiger partial charge < -0.3 is 10.1 Å². The number of nitrogens with zero attached hydrogens (tertiary/aromatic N) is 1. The zero-order valence-electron chi connectivity index (χ0n) is 14.3. The van der Waals surface area contributed by atoms with Crippen molar-refractivity contribution in [3.05, 3.63) is 0 Å². The van der Waals surface area contributed by atoms with Crippen molar-refractivity contribution in [2.75, 3.05) is 26.2 Å². The molecule has 3 rings (SSSR count). The van der Waals surface area contributed by atoms with Crippen molar-refractivity contribution in [1.29, 1.82) is 0 Å². The van der Waals surface area contributed by atoms with Gasteiger partial charge in [0.25, 0.3) is 0 Å². The second kappa shape index (κ2) is 6.17. The first kappa shape index (κ1) is 15.8. The van der Waals surface area contributed by atoms with Gasteiger partial charge in [-0.25, -0.2) is 0 Å². The molecular weight excluding hydrogens is 260 g/mol. The van der Waals surface area contributed by atoms with E-state index in [1.54, 1.807) is 0 Å². The summed E-state index contributed by atoms with van der Waals surface area (Å²) in [5.41, 5.74) is 0.744. The third-order valence-corrected chi connectivity index (χ3v) is 5.79. The van der Waals surface area contributed by atoms with Crippen LogP contribution in [0.3, 0.4) is 0 Å². The lowest BCUT2D eigenvalue weighted by Gasteiger charge is -2.44. The van der Waals surface area contributed by atoms with Crippen LogP contribution in [0.1, 0.15) is 65.7 Å². The van der Waals surface area contributed by atoms with Crippen molar-refractivity contribution >= 4 is 0 Å². The van der Waals surface area contributed by atoms with Crippen molar-refractivity contribution < 1.29 is 4.74 Å². The Balaban J connectivity index is 1.64. The molecule has 0 amide bonds. The van der Waals surface area contributed by atoms with E-state index in [4.69, 9.17) is 4.74 Å². The average molecular weight is 294 g/mol. The van der Waals surface area contributed by atoms with Crippen LogP contribution in [-0.4, -0.2) is 48.8 Å². The molecule has 0 spiro atoms. The number of nitrogens with one attached hydrogen (secondary N) is 1. The fourth-order valence-corrected chi connectivity index (χ4v) is 4.60. The number of hydrogen-bond acceptors (Lipinski definition) is 3. The Morgan fingerprint density at radius 2 is 1.90 bits per heavy atom. The quantitative estimate of drug-likeness (QED) is 0.862. The van der Waals surface area contributed by atoms with Gasteiger partial charge in [-0.2, -0.15) is 0 Å². The number of hydrogen-bond donors (Lipinski definition) is 1. The van der Waals surface area contributed by atoms with Gasteiger partial charge in [0, 0.05) is 31.2 Å². The lowest BCUT2D eigenvalue weighted by molar-refractivity contribution is -0.0686. The molecule has 0 radical (unpaired) electrons. The van der Waals surface area contributed by atoms with E-state index in [2.05, 4.69) is 31.0 Å².